The van der Waals surface area contributed by atoms with Gasteiger partial charge in [0.15, 0.2) is 0 Å². The van der Waals surface area contributed by atoms with Gasteiger partial charge in [0.2, 0.25) is 0 Å². The van der Waals surface area contributed by atoms with Gasteiger partial charge in [-0.25, -0.2) is 0 Å². The Hall–Kier alpha value is -1.88. The number of nitrogens with one attached hydrogen (secondary N) is 2. The maximum atomic E-state index is 5.49. The predicted octanol–water partition coefficient (Wildman–Crippen LogP) is 1.51. The van der Waals surface area contributed by atoms with Crippen molar-refractivity contribution in [3.05, 3.63) is 41.7 Å². The molecule has 2 aromatic rings. The van der Waals surface area contributed by atoms with Crippen LogP contribution in [-0.2, 0) is 0 Å². The average Bonchev–Trinajstić information content (AvgIpc) is 2.85. The van der Waals surface area contributed by atoms with Crippen LogP contribution in [0.25, 0.3) is 0 Å². The van der Waals surface area contributed by atoms with Crippen LogP contribution in [0.3, 0.4) is 0 Å². The molecule has 0 bridgehead atoms. The third-order valence-electron chi connectivity index (χ3n) is 2.52. The lowest BCUT2D eigenvalue weighted by molar-refractivity contribution is 0.339. The van der Waals surface area contributed by atoms with Gasteiger partial charge in [-0.3, -0.25) is 0 Å². The second-order valence-corrected chi connectivity index (χ2v) is 3.62. The van der Waals surface area contributed by atoms with Gasteiger partial charge in [-0.2, -0.15) is 15.4 Å². The van der Waals surface area contributed by atoms with E-state index in [1.165, 1.54) is 0 Å². The Morgan fingerprint density at radius 3 is 3.00 bits per heavy atom. The average molecular weight is 232 g/mol. The van der Waals surface area contributed by atoms with E-state index in [1.54, 1.807) is 6.20 Å². The lowest BCUT2D eigenvalue weighted by Gasteiger charge is -2.14. The maximum absolute atomic E-state index is 5.49. The molecule has 1 aromatic carbocycles. The summed E-state index contributed by atoms with van der Waals surface area (Å²) in [5.74, 6) is 0.869. The number of aromatic nitrogens is 3. The summed E-state index contributed by atoms with van der Waals surface area (Å²) in [6, 6.07) is 8.00. The first-order valence-corrected chi connectivity index (χ1v) is 5.60. The molecule has 5 heteroatoms. The van der Waals surface area contributed by atoms with Gasteiger partial charge >= 0.3 is 0 Å². The summed E-state index contributed by atoms with van der Waals surface area (Å²) in [6.45, 7) is 2.64. The zero-order valence-corrected chi connectivity index (χ0v) is 9.97. The maximum Gasteiger partial charge on any atom is 0.119 e. The Labute approximate surface area is 100 Å². The summed E-state index contributed by atoms with van der Waals surface area (Å²) in [5, 5.41) is 13.8. The topological polar surface area (TPSA) is 62.8 Å². The Morgan fingerprint density at radius 1 is 1.47 bits per heavy atom. The van der Waals surface area contributed by atoms with Crippen molar-refractivity contribution in [3.8, 4) is 5.75 Å². The molecule has 17 heavy (non-hydrogen) atoms. The third-order valence-corrected chi connectivity index (χ3v) is 2.52. The number of aromatic amines is 1. The Morgan fingerprint density at radius 2 is 2.35 bits per heavy atom. The molecule has 0 radical (unpaired) electrons. The van der Waals surface area contributed by atoms with Crippen molar-refractivity contribution in [2.45, 2.75) is 13.0 Å². The van der Waals surface area contributed by atoms with E-state index in [2.05, 4.69) is 20.7 Å². The molecule has 90 valence electrons. The minimum atomic E-state index is 0.0224. The zero-order chi connectivity index (χ0) is 12.1. The lowest BCUT2D eigenvalue weighted by atomic mass is 10.0. The van der Waals surface area contributed by atoms with E-state index in [-0.39, 0.29) is 6.04 Å². The molecule has 0 fully saturated rings. The van der Waals surface area contributed by atoms with Crippen LogP contribution < -0.4 is 10.1 Å². The van der Waals surface area contributed by atoms with E-state index >= 15 is 0 Å². The Bertz CT molecular complexity index is 455. The van der Waals surface area contributed by atoms with Gasteiger partial charge in [-0.15, -0.1) is 0 Å². The first kappa shape index (κ1) is 11.6. The molecule has 0 aliphatic rings. The van der Waals surface area contributed by atoms with Gasteiger partial charge < -0.3 is 10.1 Å². The fraction of sp³-hybridized carbons (Fsp3) is 0.333. The Kier molecular flexibility index (Phi) is 3.72. The molecule has 2 rings (SSSR count). The summed E-state index contributed by atoms with van der Waals surface area (Å²) in [4.78, 5) is 0. The highest BCUT2D eigenvalue weighted by Gasteiger charge is 2.14. The third kappa shape index (κ3) is 2.62. The quantitative estimate of drug-likeness (QED) is 0.820. The zero-order valence-electron chi connectivity index (χ0n) is 9.97. The van der Waals surface area contributed by atoms with Gasteiger partial charge in [0.25, 0.3) is 0 Å². The number of ether oxygens (including phenoxy) is 1. The molecule has 0 aliphatic carbocycles. The number of benzene rings is 1. The van der Waals surface area contributed by atoms with Crippen LogP contribution in [0.15, 0.2) is 30.5 Å². The fourth-order valence-corrected chi connectivity index (χ4v) is 1.79. The molecule has 2 N–H and O–H groups in total. The second kappa shape index (κ2) is 5.45. The number of rotatable bonds is 5. The molecule has 5 nitrogen and oxygen atoms in total. The number of hydrogen-bond acceptors (Lipinski definition) is 4. The SMILES string of the molecule is CCOc1cccc(C(NC)c2cn[nH]n2)c1. The van der Waals surface area contributed by atoms with Crippen LogP contribution in [-0.4, -0.2) is 29.1 Å². The molecular weight excluding hydrogens is 216 g/mol. The largest absolute Gasteiger partial charge is 0.494 e. The predicted molar refractivity (Wildman–Crippen MR) is 64.9 cm³/mol. The fourth-order valence-electron chi connectivity index (χ4n) is 1.79. The van der Waals surface area contributed by atoms with Crippen molar-refractivity contribution in [3.63, 3.8) is 0 Å². The summed E-state index contributed by atoms with van der Waals surface area (Å²) in [6.07, 6.45) is 1.72. The molecule has 0 saturated heterocycles. The van der Waals surface area contributed by atoms with Gasteiger partial charge in [0, 0.05) is 0 Å². The van der Waals surface area contributed by atoms with Crippen molar-refractivity contribution < 1.29 is 4.74 Å². The molecular formula is C12H16N4O. The molecule has 0 spiro atoms. The highest BCUT2D eigenvalue weighted by molar-refractivity contribution is 5.33. The summed E-state index contributed by atoms with van der Waals surface area (Å²) in [5.41, 5.74) is 1.97. The molecule has 0 amide bonds. The first-order chi connectivity index (χ1) is 8.35. The van der Waals surface area contributed by atoms with Crippen LogP contribution in [0.4, 0.5) is 0 Å². The summed E-state index contributed by atoms with van der Waals surface area (Å²) < 4.78 is 5.49. The summed E-state index contributed by atoms with van der Waals surface area (Å²) in [7, 11) is 1.90. The normalized spacial score (nSPS) is 12.4. The van der Waals surface area contributed by atoms with Crippen molar-refractivity contribution in [2.24, 2.45) is 0 Å². The van der Waals surface area contributed by atoms with Crippen molar-refractivity contribution in [1.82, 2.24) is 20.7 Å². The minimum absolute atomic E-state index is 0.0224. The van der Waals surface area contributed by atoms with Crippen molar-refractivity contribution >= 4 is 0 Å². The van der Waals surface area contributed by atoms with E-state index in [1.807, 2.05) is 38.2 Å². The minimum Gasteiger partial charge on any atom is -0.494 e. The smallest absolute Gasteiger partial charge is 0.119 e. The number of nitrogens with zero attached hydrogens (tertiary/aromatic N) is 2. The molecule has 0 saturated carbocycles. The standard InChI is InChI=1S/C12H16N4O/c1-3-17-10-6-4-5-9(7-10)12(13-2)11-8-14-16-15-11/h4-8,12-13H,3H2,1-2H3,(H,14,15,16). The monoisotopic (exact) mass is 232 g/mol. The van der Waals surface area contributed by atoms with E-state index in [0.29, 0.717) is 6.61 Å². The van der Waals surface area contributed by atoms with Crippen LogP contribution in [0.2, 0.25) is 0 Å². The molecule has 0 aliphatic heterocycles. The van der Waals surface area contributed by atoms with Crippen LogP contribution in [0.5, 0.6) is 5.75 Å². The van der Waals surface area contributed by atoms with Crippen LogP contribution in [0.1, 0.15) is 24.2 Å². The van der Waals surface area contributed by atoms with E-state index in [4.69, 9.17) is 4.74 Å². The van der Waals surface area contributed by atoms with E-state index < -0.39 is 0 Å². The summed E-state index contributed by atoms with van der Waals surface area (Å²) >= 11 is 0. The lowest BCUT2D eigenvalue weighted by Crippen LogP contribution is -2.18. The molecule has 1 atom stereocenters. The van der Waals surface area contributed by atoms with Gasteiger partial charge in [-0.05, 0) is 31.7 Å². The van der Waals surface area contributed by atoms with Crippen LogP contribution in [0, 0.1) is 0 Å². The first-order valence-electron chi connectivity index (χ1n) is 5.60. The molecule has 1 aromatic heterocycles. The van der Waals surface area contributed by atoms with Crippen LogP contribution >= 0.6 is 0 Å². The van der Waals surface area contributed by atoms with Gasteiger partial charge in [-0.1, -0.05) is 12.1 Å². The second-order valence-electron chi connectivity index (χ2n) is 3.62. The highest BCUT2D eigenvalue weighted by Crippen LogP contribution is 2.23. The van der Waals surface area contributed by atoms with Gasteiger partial charge in [0.05, 0.1) is 18.8 Å². The van der Waals surface area contributed by atoms with Crippen molar-refractivity contribution in [1.29, 1.82) is 0 Å². The number of hydrogen-bond donors (Lipinski definition) is 2. The van der Waals surface area contributed by atoms with Crippen molar-refractivity contribution in [2.75, 3.05) is 13.7 Å². The highest BCUT2D eigenvalue weighted by atomic mass is 16.5. The number of H-pyrrole nitrogens is 1. The van der Waals surface area contributed by atoms with Gasteiger partial charge in [0.1, 0.15) is 11.4 Å². The Balaban J connectivity index is 2.28. The van der Waals surface area contributed by atoms with E-state index in [0.717, 1.165) is 17.0 Å². The molecule has 1 heterocycles. The molecule has 1 unspecified atom stereocenters. The van der Waals surface area contributed by atoms with E-state index in [9.17, 15) is 0 Å².